The molecule has 3 rings (SSSR count). The Morgan fingerprint density at radius 2 is 1.74 bits per heavy atom. The minimum atomic E-state index is -4.81. The van der Waals surface area contributed by atoms with E-state index in [1.807, 2.05) is 32.0 Å². The van der Waals surface area contributed by atoms with E-state index in [2.05, 4.69) is 4.85 Å². The SMILES string of the molecule is [C-]#[N+]c1c(C(F)(F)F)cc(-c2cccc(C)c2)n(Cc2ccc(COCC)cc2)c1=O. The summed E-state index contributed by atoms with van der Waals surface area (Å²) in [6.07, 6.45) is -4.81. The number of alkyl halides is 3. The van der Waals surface area contributed by atoms with Gasteiger partial charge >= 0.3 is 6.18 Å². The van der Waals surface area contributed by atoms with E-state index in [0.29, 0.717) is 18.8 Å². The van der Waals surface area contributed by atoms with Gasteiger partial charge in [0.05, 0.1) is 18.7 Å². The van der Waals surface area contributed by atoms with Gasteiger partial charge in [0, 0.05) is 18.8 Å². The summed E-state index contributed by atoms with van der Waals surface area (Å²) in [6.45, 7) is 12.0. The Labute approximate surface area is 178 Å². The van der Waals surface area contributed by atoms with E-state index in [-0.39, 0.29) is 12.2 Å². The van der Waals surface area contributed by atoms with Gasteiger partial charge in [-0.1, -0.05) is 48.0 Å². The molecule has 0 radical (unpaired) electrons. The van der Waals surface area contributed by atoms with Crippen LogP contribution in [0.3, 0.4) is 0 Å². The van der Waals surface area contributed by atoms with Gasteiger partial charge in [-0.15, -0.1) is 0 Å². The van der Waals surface area contributed by atoms with Crippen LogP contribution in [0.15, 0.2) is 59.4 Å². The molecule has 0 fully saturated rings. The number of nitrogens with zero attached hydrogens (tertiary/aromatic N) is 2. The number of rotatable bonds is 6. The van der Waals surface area contributed by atoms with Crippen molar-refractivity contribution < 1.29 is 17.9 Å². The number of pyridine rings is 1. The topological polar surface area (TPSA) is 35.6 Å². The van der Waals surface area contributed by atoms with Crippen LogP contribution in [-0.4, -0.2) is 11.2 Å². The zero-order valence-electron chi connectivity index (χ0n) is 17.2. The molecule has 160 valence electrons. The lowest BCUT2D eigenvalue weighted by molar-refractivity contribution is -0.136. The summed E-state index contributed by atoms with van der Waals surface area (Å²) in [6, 6.07) is 15.1. The number of benzene rings is 2. The van der Waals surface area contributed by atoms with Crippen molar-refractivity contribution in [1.29, 1.82) is 0 Å². The Bertz CT molecular complexity index is 1170. The summed E-state index contributed by atoms with van der Waals surface area (Å²) in [5.41, 5.74) is 0.0282. The van der Waals surface area contributed by atoms with E-state index < -0.39 is 23.0 Å². The smallest absolute Gasteiger partial charge is 0.377 e. The average molecular weight is 426 g/mol. The van der Waals surface area contributed by atoms with Gasteiger partial charge < -0.3 is 9.30 Å². The van der Waals surface area contributed by atoms with E-state index in [1.54, 1.807) is 30.3 Å². The maximum atomic E-state index is 13.6. The van der Waals surface area contributed by atoms with Crippen molar-refractivity contribution >= 4 is 5.69 Å². The largest absolute Gasteiger partial charge is 0.407 e. The lowest BCUT2D eigenvalue weighted by Crippen LogP contribution is -2.25. The fourth-order valence-corrected chi connectivity index (χ4v) is 3.30. The Kier molecular flexibility index (Phi) is 6.62. The van der Waals surface area contributed by atoms with Crippen molar-refractivity contribution in [3.63, 3.8) is 0 Å². The lowest BCUT2D eigenvalue weighted by atomic mass is 10.0. The highest BCUT2D eigenvalue weighted by atomic mass is 19.4. The molecule has 0 amide bonds. The second kappa shape index (κ2) is 9.19. The number of hydrogen-bond donors (Lipinski definition) is 0. The summed E-state index contributed by atoms with van der Waals surface area (Å²) in [7, 11) is 0. The first-order chi connectivity index (χ1) is 14.7. The summed E-state index contributed by atoms with van der Waals surface area (Å²) in [5.74, 6) is 0. The summed E-state index contributed by atoms with van der Waals surface area (Å²) < 4.78 is 47.4. The van der Waals surface area contributed by atoms with E-state index in [0.717, 1.165) is 22.8 Å². The first kappa shape index (κ1) is 22.3. The van der Waals surface area contributed by atoms with Crippen LogP contribution in [0.25, 0.3) is 16.1 Å². The molecule has 1 aromatic heterocycles. The molecule has 0 aliphatic rings. The molecule has 0 atom stereocenters. The maximum absolute atomic E-state index is 13.6. The van der Waals surface area contributed by atoms with Crippen LogP contribution in [0.1, 0.15) is 29.2 Å². The molecule has 1 heterocycles. The maximum Gasteiger partial charge on any atom is 0.407 e. The number of halogens is 3. The summed E-state index contributed by atoms with van der Waals surface area (Å²) in [4.78, 5) is 15.9. The standard InChI is InChI=1S/C24H21F3N2O2/c1-4-31-15-18-10-8-17(9-11-18)14-29-21(19-7-5-6-16(2)12-19)13-20(24(25,26)27)22(28-3)23(29)30/h5-13H,4,14-15H2,1-2H3. The molecular formula is C24H21F3N2O2. The highest BCUT2D eigenvalue weighted by Gasteiger charge is 2.36. The fourth-order valence-electron chi connectivity index (χ4n) is 3.30. The zero-order valence-corrected chi connectivity index (χ0v) is 17.2. The van der Waals surface area contributed by atoms with Crippen LogP contribution in [0.2, 0.25) is 0 Å². The van der Waals surface area contributed by atoms with Crippen LogP contribution >= 0.6 is 0 Å². The summed E-state index contributed by atoms with van der Waals surface area (Å²) >= 11 is 0. The van der Waals surface area contributed by atoms with Crippen LogP contribution in [0.4, 0.5) is 18.9 Å². The molecule has 0 aliphatic heterocycles. The molecule has 0 saturated heterocycles. The molecule has 3 aromatic rings. The predicted octanol–water partition coefficient (Wildman–Crippen LogP) is 5.98. The normalized spacial score (nSPS) is 11.4. The van der Waals surface area contributed by atoms with Gasteiger partial charge in [-0.3, -0.25) is 4.79 Å². The monoisotopic (exact) mass is 426 g/mol. The van der Waals surface area contributed by atoms with Crippen molar-refractivity contribution in [2.45, 2.75) is 33.2 Å². The van der Waals surface area contributed by atoms with Gasteiger partial charge in [-0.25, -0.2) is 4.85 Å². The molecule has 0 aliphatic carbocycles. The van der Waals surface area contributed by atoms with Gasteiger partial charge in [0.2, 0.25) is 0 Å². The molecule has 0 unspecified atom stereocenters. The Morgan fingerprint density at radius 3 is 2.32 bits per heavy atom. The van der Waals surface area contributed by atoms with Gasteiger partial charge in [-0.05, 0) is 42.7 Å². The highest BCUT2D eigenvalue weighted by molar-refractivity contribution is 5.66. The van der Waals surface area contributed by atoms with E-state index >= 15 is 0 Å². The van der Waals surface area contributed by atoms with Crippen molar-refractivity contribution in [2.24, 2.45) is 0 Å². The third kappa shape index (κ3) is 5.04. The zero-order chi connectivity index (χ0) is 22.6. The van der Waals surface area contributed by atoms with Crippen molar-refractivity contribution in [3.8, 4) is 11.3 Å². The first-order valence-corrected chi connectivity index (χ1v) is 9.69. The van der Waals surface area contributed by atoms with Crippen LogP contribution in [-0.2, 0) is 24.1 Å². The van der Waals surface area contributed by atoms with Crippen molar-refractivity contribution in [3.05, 3.63) is 98.6 Å². The van der Waals surface area contributed by atoms with Gasteiger partial charge in [0.25, 0.3) is 11.2 Å². The number of aromatic nitrogens is 1. The second-order valence-corrected chi connectivity index (χ2v) is 7.12. The van der Waals surface area contributed by atoms with Gasteiger partial charge in [-0.2, -0.15) is 13.2 Å². The Balaban J connectivity index is 2.16. The van der Waals surface area contributed by atoms with E-state index in [9.17, 15) is 18.0 Å². The molecule has 0 bridgehead atoms. The minimum Gasteiger partial charge on any atom is -0.377 e. The van der Waals surface area contributed by atoms with Crippen molar-refractivity contribution in [1.82, 2.24) is 4.57 Å². The van der Waals surface area contributed by atoms with Crippen LogP contribution in [0, 0.1) is 13.5 Å². The Morgan fingerprint density at radius 1 is 1.06 bits per heavy atom. The molecule has 0 saturated carbocycles. The van der Waals surface area contributed by atoms with Gasteiger partial charge in [0.15, 0.2) is 0 Å². The number of aryl methyl sites for hydroxylation is 1. The third-order valence-electron chi connectivity index (χ3n) is 4.84. The lowest BCUT2D eigenvalue weighted by Gasteiger charge is -2.18. The first-order valence-electron chi connectivity index (χ1n) is 9.69. The van der Waals surface area contributed by atoms with E-state index in [1.165, 1.54) is 4.57 Å². The van der Waals surface area contributed by atoms with Crippen molar-refractivity contribution in [2.75, 3.05) is 6.61 Å². The third-order valence-corrected chi connectivity index (χ3v) is 4.84. The minimum absolute atomic E-state index is 0.0394. The number of ether oxygens (including phenoxy) is 1. The average Bonchev–Trinajstić information content (AvgIpc) is 2.73. The van der Waals surface area contributed by atoms with Gasteiger partial charge in [0.1, 0.15) is 0 Å². The molecule has 0 N–H and O–H groups in total. The molecule has 4 nitrogen and oxygen atoms in total. The molecule has 7 heteroatoms. The molecular weight excluding hydrogens is 405 g/mol. The van der Waals surface area contributed by atoms with E-state index in [4.69, 9.17) is 11.3 Å². The fraction of sp³-hybridized carbons (Fsp3) is 0.250. The molecule has 31 heavy (non-hydrogen) atoms. The molecule has 2 aromatic carbocycles. The number of hydrogen-bond acceptors (Lipinski definition) is 2. The Hall–Kier alpha value is -3.37. The van der Waals surface area contributed by atoms with Crippen LogP contribution < -0.4 is 5.56 Å². The molecule has 0 spiro atoms. The highest BCUT2D eigenvalue weighted by Crippen LogP contribution is 2.37. The quantitative estimate of drug-likeness (QED) is 0.455. The summed E-state index contributed by atoms with van der Waals surface area (Å²) in [5, 5.41) is 0. The predicted molar refractivity (Wildman–Crippen MR) is 113 cm³/mol. The van der Waals surface area contributed by atoms with Crippen LogP contribution in [0.5, 0.6) is 0 Å². The second-order valence-electron chi connectivity index (χ2n) is 7.12.